The normalized spacial score (nSPS) is 16.7. The van der Waals surface area contributed by atoms with Gasteiger partial charge in [-0.2, -0.15) is 0 Å². The van der Waals surface area contributed by atoms with Crippen LogP contribution in [0.1, 0.15) is 41.6 Å². The van der Waals surface area contributed by atoms with Crippen LogP contribution < -0.4 is 0 Å². The molecule has 2 aromatic heterocycles. The number of hydrogen-bond acceptors (Lipinski definition) is 6. The largest absolute Gasteiger partial charge is 0.460 e. The molecule has 3 aromatic rings. The summed E-state index contributed by atoms with van der Waals surface area (Å²) in [5.74, 6) is 3.21. The van der Waals surface area contributed by atoms with Gasteiger partial charge in [-0.25, -0.2) is 9.97 Å². The number of nitrogens with zero attached hydrogens (tertiary/aromatic N) is 4. The fraction of sp³-hybridized carbons (Fsp3) is 0.333. The van der Waals surface area contributed by atoms with Crippen molar-refractivity contribution in [2.45, 2.75) is 38.3 Å². The van der Waals surface area contributed by atoms with Crippen molar-refractivity contribution in [2.24, 2.45) is 0 Å². The molecule has 1 aromatic carbocycles. The molecule has 1 fully saturated rings. The Bertz CT molecular complexity index is 1020. The Labute approximate surface area is 162 Å². The number of aromatic nitrogens is 2. The molecule has 0 amide bonds. The second-order valence-corrected chi connectivity index (χ2v) is 7.51. The van der Waals surface area contributed by atoms with Crippen molar-refractivity contribution < 1.29 is 9.34 Å². The molecule has 0 saturated heterocycles. The molecule has 1 aliphatic heterocycles. The summed E-state index contributed by atoms with van der Waals surface area (Å²) in [6, 6.07) is 10.3. The number of non-ortho nitro benzene ring substituents is 1. The van der Waals surface area contributed by atoms with Gasteiger partial charge in [0.1, 0.15) is 17.3 Å². The van der Waals surface area contributed by atoms with E-state index in [1.807, 2.05) is 18.3 Å². The zero-order valence-electron chi connectivity index (χ0n) is 15.4. The molecular formula is C21H20N4O3. The van der Waals surface area contributed by atoms with Crippen LogP contribution in [-0.2, 0) is 19.5 Å². The van der Waals surface area contributed by atoms with E-state index in [9.17, 15) is 10.1 Å². The third-order valence-electron chi connectivity index (χ3n) is 5.38. The van der Waals surface area contributed by atoms with Crippen LogP contribution in [0.4, 0.5) is 5.69 Å². The van der Waals surface area contributed by atoms with E-state index in [2.05, 4.69) is 9.88 Å². The van der Waals surface area contributed by atoms with E-state index in [1.54, 1.807) is 12.1 Å². The summed E-state index contributed by atoms with van der Waals surface area (Å²) < 4.78 is 5.98. The molecule has 7 nitrogen and oxygen atoms in total. The van der Waals surface area contributed by atoms with E-state index in [-0.39, 0.29) is 5.69 Å². The van der Waals surface area contributed by atoms with Crippen LogP contribution in [0.3, 0.4) is 0 Å². The first kappa shape index (κ1) is 17.1. The van der Waals surface area contributed by atoms with E-state index < -0.39 is 4.92 Å². The molecule has 7 heteroatoms. The smallest absolute Gasteiger partial charge is 0.269 e. The Morgan fingerprint density at radius 1 is 1.18 bits per heavy atom. The third-order valence-corrected chi connectivity index (χ3v) is 5.38. The van der Waals surface area contributed by atoms with Gasteiger partial charge < -0.3 is 4.42 Å². The summed E-state index contributed by atoms with van der Waals surface area (Å²) in [7, 11) is 0. The molecule has 0 bridgehead atoms. The van der Waals surface area contributed by atoms with Gasteiger partial charge in [0.05, 0.1) is 11.5 Å². The number of benzene rings is 1. The lowest BCUT2D eigenvalue weighted by Crippen LogP contribution is -2.31. The molecule has 0 radical (unpaired) electrons. The first-order valence-corrected chi connectivity index (χ1v) is 9.56. The number of nitro groups is 1. The van der Waals surface area contributed by atoms with Gasteiger partial charge in [0.25, 0.3) is 5.69 Å². The molecule has 5 rings (SSSR count). The SMILES string of the molecule is O=[N+]([O-])c1ccc(-c2ccc(CN3CCc4nc(C5CC5)ncc4C3)o2)cc1. The maximum atomic E-state index is 10.8. The third kappa shape index (κ3) is 3.41. The van der Waals surface area contributed by atoms with Crippen molar-refractivity contribution in [3.05, 3.63) is 75.6 Å². The molecular weight excluding hydrogens is 356 g/mol. The van der Waals surface area contributed by atoms with Gasteiger partial charge >= 0.3 is 0 Å². The van der Waals surface area contributed by atoms with Gasteiger partial charge in [0.2, 0.25) is 0 Å². The van der Waals surface area contributed by atoms with Crippen molar-refractivity contribution in [3.63, 3.8) is 0 Å². The Morgan fingerprint density at radius 2 is 2.00 bits per heavy atom. The quantitative estimate of drug-likeness (QED) is 0.493. The summed E-state index contributed by atoms with van der Waals surface area (Å²) in [4.78, 5) is 22.0. The molecule has 142 valence electrons. The van der Waals surface area contributed by atoms with Gasteiger partial charge in [-0.05, 0) is 37.1 Å². The minimum Gasteiger partial charge on any atom is -0.460 e. The highest BCUT2D eigenvalue weighted by Gasteiger charge is 2.28. The first-order chi connectivity index (χ1) is 13.7. The van der Waals surface area contributed by atoms with Gasteiger partial charge in [-0.3, -0.25) is 15.0 Å². The molecule has 1 saturated carbocycles. The lowest BCUT2D eigenvalue weighted by molar-refractivity contribution is -0.384. The highest BCUT2D eigenvalue weighted by atomic mass is 16.6. The Balaban J connectivity index is 1.26. The van der Waals surface area contributed by atoms with Crippen LogP contribution in [-0.4, -0.2) is 26.3 Å². The summed E-state index contributed by atoms with van der Waals surface area (Å²) >= 11 is 0. The summed E-state index contributed by atoms with van der Waals surface area (Å²) in [6.45, 7) is 2.49. The Morgan fingerprint density at radius 3 is 2.75 bits per heavy atom. The highest BCUT2D eigenvalue weighted by molar-refractivity contribution is 5.59. The first-order valence-electron chi connectivity index (χ1n) is 9.56. The van der Waals surface area contributed by atoms with E-state index >= 15 is 0 Å². The van der Waals surface area contributed by atoms with Crippen molar-refractivity contribution in [1.29, 1.82) is 0 Å². The molecule has 0 atom stereocenters. The van der Waals surface area contributed by atoms with Gasteiger partial charge in [-0.1, -0.05) is 0 Å². The standard InChI is InChI=1S/C21H20N4O3/c26-25(27)17-5-3-14(4-6-17)20-8-7-18(28-20)13-24-10-9-19-16(12-24)11-22-21(23-19)15-1-2-15/h3-8,11,15H,1-2,9-10,12-13H2. The van der Waals surface area contributed by atoms with E-state index in [0.717, 1.165) is 49.0 Å². The lowest BCUT2D eigenvalue weighted by Gasteiger charge is -2.27. The van der Waals surface area contributed by atoms with Crippen molar-refractivity contribution in [1.82, 2.24) is 14.9 Å². The second-order valence-electron chi connectivity index (χ2n) is 7.51. The summed E-state index contributed by atoms with van der Waals surface area (Å²) in [5, 5.41) is 10.8. The fourth-order valence-corrected chi connectivity index (χ4v) is 3.65. The van der Waals surface area contributed by atoms with Gasteiger partial charge in [-0.15, -0.1) is 0 Å². The van der Waals surface area contributed by atoms with Crippen LogP contribution in [0, 0.1) is 10.1 Å². The van der Waals surface area contributed by atoms with Crippen LogP contribution in [0.2, 0.25) is 0 Å². The average molecular weight is 376 g/mol. The highest BCUT2D eigenvalue weighted by Crippen LogP contribution is 2.38. The molecule has 0 unspecified atom stereocenters. The molecule has 2 aliphatic rings. The summed E-state index contributed by atoms with van der Waals surface area (Å²) in [6.07, 6.45) is 5.38. The van der Waals surface area contributed by atoms with Gasteiger partial charge in [0, 0.05) is 60.6 Å². The molecule has 3 heterocycles. The Hall–Kier alpha value is -3.06. The minimum absolute atomic E-state index is 0.0783. The van der Waals surface area contributed by atoms with E-state index in [0.29, 0.717) is 5.92 Å². The number of hydrogen-bond donors (Lipinski definition) is 0. The zero-order valence-corrected chi connectivity index (χ0v) is 15.4. The van der Waals surface area contributed by atoms with E-state index in [4.69, 9.17) is 9.40 Å². The van der Waals surface area contributed by atoms with Crippen molar-refractivity contribution in [3.8, 4) is 11.3 Å². The van der Waals surface area contributed by atoms with Crippen molar-refractivity contribution >= 4 is 5.69 Å². The maximum Gasteiger partial charge on any atom is 0.269 e. The molecule has 0 spiro atoms. The van der Waals surface area contributed by atoms with Crippen molar-refractivity contribution in [2.75, 3.05) is 6.54 Å². The predicted molar refractivity (Wildman–Crippen MR) is 103 cm³/mol. The predicted octanol–water partition coefficient (Wildman–Crippen LogP) is 4.08. The number of nitro benzene ring substituents is 1. The average Bonchev–Trinajstić information content (AvgIpc) is 3.47. The zero-order chi connectivity index (χ0) is 19.1. The van der Waals surface area contributed by atoms with Crippen LogP contribution in [0.15, 0.2) is 47.0 Å². The fourth-order valence-electron chi connectivity index (χ4n) is 3.65. The number of furan rings is 1. The molecule has 1 aliphatic carbocycles. The monoisotopic (exact) mass is 376 g/mol. The molecule has 0 N–H and O–H groups in total. The minimum atomic E-state index is -0.400. The lowest BCUT2D eigenvalue weighted by atomic mass is 10.1. The van der Waals surface area contributed by atoms with Crippen LogP contribution in [0.5, 0.6) is 0 Å². The second kappa shape index (κ2) is 6.83. The number of fused-ring (bicyclic) bond motifs is 1. The topological polar surface area (TPSA) is 85.3 Å². The van der Waals surface area contributed by atoms with Gasteiger partial charge in [0.15, 0.2) is 0 Å². The Kier molecular flexibility index (Phi) is 4.16. The van der Waals surface area contributed by atoms with Crippen LogP contribution in [0.25, 0.3) is 11.3 Å². The number of rotatable bonds is 5. The summed E-state index contributed by atoms with van der Waals surface area (Å²) in [5.41, 5.74) is 3.31. The maximum absolute atomic E-state index is 10.8. The van der Waals surface area contributed by atoms with Crippen LogP contribution >= 0.6 is 0 Å². The van der Waals surface area contributed by atoms with E-state index in [1.165, 1.54) is 36.2 Å². The molecule has 28 heavy (non-hydrogen) atoms.